The van der Waals surface area contributed by atoms with E-state index in [0.717, 1.165) is 4.90 Å². The van der Waals surface area contributed by atoms with E-state index in [1.807, 2.05) is 0 Å². The Balaban J connectivity index is 2.31. The van der Waals surface area contributed by atoms with Crippen LogP contribution < -0.4 is 10.6 Å². The molecule has 1 heterocycles. The zero-order valence-electron chi connectivity index (χ0n) is 11.3. The van der Waals surface area contributed by atoms with Crippen molar-refractivity contribution in [1.82, 2.24) is 15.5 Å². The number of carbonyl (C=O) groups excluding carboxylic acids is 3. The molecule has 0 saturated carbocycles. The summed E-state index contributed by atoms with van der Waals surface area (Å²) in [7, 11) is 1.41. The molecular weight excluding hydrogens is 282 g/mol. The highest BCUT2D eigenvalue weighted by Gasteiger charge is 2.17. The molecular formula is C12H15N3O6. The van der Waals surface area contributed by atoms with Crippen LogP contribution in [0.2, 0.25) is 0 Å². The molecule has 1 rings (SSSR count). The van der Waals surface area contributed by atoms with Gasteiger partial charge in [-0.2, -0.15) is 0 Å². The summed E-state index contributed by atoms with van der Waals surface area (Å²) in [4.78, 5) is 45.8. The first-order chi connectivity index (χ1) is 9.90. The summed E-state index contributed by atoms with van der Waals surface area (Å²) in [5.74, 6) is -2.73. The molecule has 1 aromatic heterocycles. The predicted molar refractivity (Wildman–Crippen MR) is 69.3 cm³/mol. The Morgan fingerprint density at radius 2 is 1.86 bits per heavy atom. The molecule has 21 heavy (non-hydrogen) atoms. The van der Waals surface area contributed by atoms with Gasteiger partial charge in [0.1, 0.15) is 6.54 Å². The van der Waals surface area contributed by atoms with Gasteiger partial charge in [0.25, 0.3) is 5.91 Å². The first kappa shape index (κ1) is 16.2. The van der Waals surface area contributed by atoms with Crippen molar-refractivity contribution in [2.24, 2.45) is 0 Å². The number of hydrogen-bond donors (Lipinski definition) is 3. The van der Waals surface area contributed by atoms with Gasteiger partial charge < -0.3 is 25.1 Å². The maximum absolute atomic E-state index is 11.8. The maximum atomic E-state index is 11.8. The van der Waals surface area contributed by atoms with Gasteiger partial charge in [0.05, 0.1) is 19.4 Å². The second-order valence-electron chi connectivity index (χ2n) is 4.09. The van der Waals surface area contributed by atoms with Crippen molar-refractivity contribution in [2.75, 3.05) is 26.7 Å². The highest BCUT2D eigenvalue weighted by molar-refractivity contribution is 5.94. The van der Waals surface area contributed by atoms with Crippen LogP contribution >= 0.6 is 0 Å². The summed E-state index contributed by atoms with van der Waals surface area (Å²) >= 11 is 0. The first-order valence-electron chi connectivity index (χ1n) is 5.94. The highest BCUT2D eigenvalue weighted by atomic mass is 16.4. The molecule has 0 atom stereocenters. The van der Waals surface area contributed by atoms with Crippen LogP contribution in [-0.4, -0.2) is 60.4 Å². The molecule has 3 amide bonds. The SMILES string of the molecule is CN(CC(=O)NCC(=O)NCC(=O)O)C(=O)c1ccco1. The van der Waals surface area contributed by atoms with E-state index in [0.29, 0.717) is 0 Å². The Kier molecular flexibility index (Phi) is 5.93. The Labute approximate surface area is 119 Å². The van der Waals surface area contributed by atoms with Gasteiger partial charge in [0, 0.05) is 7.05 Å². The third-order valence-electron chi connectivity index (χ3n) is 2.34. The van der Waals surface area contributed by atoms with Gasteiger partial charge in [0.15, 0.2) is 5.76 Å². The van der Waals surface area contributed by atoms with Crippen LogP contribution in [-0.2, 0) is 14.4 Å². The molecule has 9 nitrogen and oxygen atoms in total. The zero-order chi connectivity index (χ0) is 15.8. The van der Waals surface area contributed by atoms with Crippen LogP contribution in [0.15, 0.2) is 22.8 Å². The lowest BCUT2D eigenvalue weighted by molar-refractivity contribution is -0.137. The predicted octanol–water partition coefficient (Wildman–Crippen LogP) is -1.33. The molecule has 1 aromatic rings. The van der Waals surface area contributed by atoms with Crippen molar-refractivity contribution in [3.8, 4) is 0 Å². The van der Waals surface area contributed by atoms with Crippen LogP contribution in [0.1, 0.15) is 10.6 Å². The van der Waals surface area contributed by atoms with Gasteiger partial charge in [0.2, 0.25) is 11.8 Å². The quantitative estimate of drug-likeness (QED) is 0.572. The molecule has 0 fully saturated rings. The molecule has 3 N–H and O–H groups in total. The largest absolute Gasteiger partial charge is 0.480 e. The summed E-state index contributed by atoms with van der Waals surface area (Å²) < 4.78 is 4.91. The summed E-state index contributed by atoms with van der Waals surface area (Å²) in [6.45, 7) is -1.15. The topological polar surface area (TPSA) is 129 Å². The lowest BCUT2D eigenvalue weighted by atomic mass is 10.4. The summed E-state index contributed by atoms with van der Waals surface area (Å²) in [5.41, 5.74) is 0. The number of carbonyl (C=O) groups is 4. The average Bonchev–Trinajstić information content (AvgIpc) is 2.95. The molecule has 0 saturated heterocycles. The van der Waals surface area contributed by atoms with E-state index in [-0.39, 0.29) is 18.8 Å². The molecule has 0 aliphatic carbocycles. The van der Waals surface area contributed by atoms with Crippen LogP contribution in [0.25, 0.3) is 0 Å². The van der Waals surface area contributed by atoms with Gasteiger partial charge in [-0.1, -0.05) is 0 Å². The number of carboxylic acid groups (broad SMARTS) is 1. The molecule has 0 aliphatic heterocycles. The second kappa shape index (κ2) is 7.68. The zero-order valence-corrected chi connectivity index (χ0v) is 11.3. The van der Waals surface area contributed by atoms with Crippen molar-refractivity contribution >= 4 is 23.7 Å². The number of carboxylic acids is 1. The van der Waals surface area contributed by atoms with Crippen molar-refractivity contribution < 1.29 is 28.7 Å². The third-order valence-corrected chi connectivity index (χ3v) is 2.34. The van der Waals surface area contributed by atoms with Crippen LogP contribution in [0.3, 0.4) is 0 Å². The Hall–Kier alpha value is -2.84. The Bertz CT molecular complexity index is 525. The molecule has 0 radical (unpaired) electrons. The van der Waals surface area contributed by atoms with Crippen molar-refractivity contribution in [3.05, 3.63) is 24.2 Å². The second-order valence-corrected chi connectivity index (χ2v) is 4.09. The van der Waals surface area contributed by atoms with Crippen LogP contribution in [0, 0.1) is 0 Å². The van der Waals surface area contributed by atoms with E-state index >= 15 is 0 Å². The van der Waals surface area contributed by atoms with E-state index in [2.05, 4.69) is 10.6 Å². The Morgan fingerprint density at radius 3 is 2.43 bits per heavy atom. The van der Waals surface area contributed by atoms with Gasteiger partial charge in [-0.15, -0.1) is 0 Å². The van der Waals surface area contributed by atoms with E-state index in [1.165, 1.54) is 19.4 Å². The van der Waals surface area contributed by atoms with E-state index in [4.69, 9.17) is 9.52 Å². The third kappa shape index (κ3) is 5.76. The van der Waals surface area contributed by atoms with E-state index < -0.39 is 30.2 Å². The van der Waals surface area contributed by atoms with Crippen LogP contribution in [0.4, 0.5) is 0 Å². The minimum absolute atomic E-state index is 0.101. The lowest BCUT2D eigenvalue weighted by Gasteiger charge is -2.15. The summed E-state index contributed by atoms with van der Waals surface area (Å²) in [6, 6.07) is 3.02. The molecule has 0 bridgehead atoms. The number of nitrogens with one attached hydrogen (secondary N) is 2. The first-order valence-corrected chi connectivity index (χ1v) is 5.94. The number of likely N-dealkylation sites (N-methyl/N-ethyl adjacent to an activating group) is 1. The van der Waals surface area contributed by atoms with Gasteiger partial charge in [-0.25, -0.2) is 0 Å². The smallest absolute Gasteiger partial charge is 0.322 e. The number of aliphatic carboxylic acids is 1. The Morgan fingerprint density at radius 1 is 1.19 bits per heavy atom. The highest BCUT2D eigenvalue weighted by Crippen LogP contribution is 2.03. The fraction of sp³-hybridized carbons (Fsp3) is 0.333. The maximum Gasteiger partial charge on any atom is 0.322 e. The van der Waals surface area contributed by atoms with E-state index in [9.17, 15) is 19.2 Å². The van der Waals surface area contributed by atoms with Crippen molar-refractivity contribution in [2.45, 2.75) is 0 Å². The number of nitrogens with zero attached hydrogens (tertiary/aromatic N) is 1. The number of hydrogen-bond acceptors (Lipinski definition) is 5. The van der Waals surface area contributed by atoms with Crippen LogP contribution in [0.5, 0.6) is 0 Å². The average molecular weight is 297 g/mol. The number of furan rings is 1. The lowest BCUT2D eigenvalue weighted by Crippen LogP contribution is -2.43. The monoisotopic (exact) mass is 297 g/mol. The number of rotatable bonds is 7. The fourth-order valence-electron chi connectivity index (χ4n) is 1.35. The fourth-order valence-corrected chi connectivity index (χ4v) is 1.35. The standard InChI is InChI=1S/C12H15N3O6/c1-15(12(20)8-3-2-4-21-8)7-10(17)13-5-9(16)14-6-11(18)19/h2-4H,5-7H2,1H3,(H,13,17)(H,14,16)(H,18,19). The minimum atomic E-state index is -1.18. The van der Waals surface area contributed by atoms with Gasteiger partial charge in [-0.05, 0) is 12.1 Å². The molecule has 0 aromatic carbocycles. The summed E-state index contributed by atoms with van der Waals surface area (Å²) in [6.07, 6.45) is 1.34. The molecule has 9 heteroatoms. The summed E-state index contributed by atoms with van der Waals surface area (Å²) in [5, 5.41) is 12.7. The molecule has 114 valence electrons. The molecule has 0 spiro atoms. The van der Waals surface area contributed by atoms with E-state index in [1.54, 1.807) is 6.07 Å². The number of amides is 3. The van der Waals surface area contributed by atoms with Gasteiger partial charge >= 0.3 is 5.97 Å². The van der Waals surface area contributed by atoms with Crippen molar-refractivity contribution in [1.29, 1.82) is 0 Å². The normalized spacial score (nSPS) is 9.76. The molecule has 0 unspecified atom stereocenters. The van der Waals surface area contributed by atoms with Crippen molar-refractivity contribution in [3.63, 3.8) is 0 Å². The molecule has 0 aliphatic rings. The minimum Gasteiger partial charge on any atom is -0.480 e. The van der Waals surface area contributed by atoms with Gasteiger partial charge in [-0.3, -0.25) is 19.2 Å².